The van der Waals surface area contributed by atoms with E-state index in [1.807, 2.05) is 73.7 Å². The third-order valence-electron chi connectivity index (χ3n) is 4.46. The molecule has 0 saturated carbocycles. The predicted octanol–water partition coefficient (Wildman–Crippen LogP) is 5.53. The van der Waals surface area contributed by atoms with Crippen LogP contribution in [0, 0.1) is 6.92 Å². The SMILES string of the molecule is Cc1ccc2c(c1)NC(CC(=O)c1ccccc1)c1ccccc1O2. The maximum Gasteiger partial charge on any atom is 0.165 e. The van der Waals surface area contributed by atoms with Crippen LogP contribution in [0.3, 0.4) is 0 Å². The molecule has 3 heteroatoms. The lowest BCUT2D eigenvalue weighted by Gasteiger charge is -2.18. The van der Waals surface area contributed by atoms with Gasteiger partial charge in [-0.1, -0.05) is 54.6 Å². The molecule has 1 unspecified atom stereocenters. The molecule has 124 valence electrons. The predicted molar refractivity (Wildman–Crippen MR) is 99.4 cm³/mol. The van der Waals surface area contributed by atoms with Gasteiger partial charge in [0, 0.05) is 17.5 Å². The molecule has 1 aliphatic rings. The number of nitrogens with one attached hydrogen (secondary N) is 1. The maximum atomic E-state index is 12.7. The molecule has 0 spiro atoms. The normalized spacial score (nSPS) is 15.2. The first-order chi connectivity index (χ1) is 12.2. The molecule has 0 radical (unpaired) electrons. The topological polar surface area (TPSA) is 38.3 Å². The number of carbonyl (C=O) groups excluding carboxylic acids is 1. The number of hydrogen-bond acceptors (Lipinski definition) is 3. The highest BCUT2D eigenvalue weighted by atomic mass is 16.5. The monoisotopic (exact) mass is 329 g/mol. The van der Waals surface area contributed by atoms with Crippen LogP contribution in [0.4, 0.5) is 5.69 Å². The Hall–Kier alpha value is -3.07. The van der Waals surface area contributed by atoms with Crippen LogP contribution >= 0.6 is 0 Å². The van der Waals surface area contributed by atoms with Crippen LogP contribution in [-0.2, 0) is 0 Å². The summed E-state index contributed by atoms with van der Waals surface area (Å²) in [4.78, 5) is 12.7. The van der Waals surface area contributed by atoms with Crippen molar-refractivity contribution in [3.8, 4) is 11.5 Å². The summed E-state index contributed by atoms with van der Waals surface area (Å²) in [7, 11) is 0. The van der Waals surface area contributed by atoms with Crippen molar-refractivity contribution in [1.29, 1.82) is 0 Å². The highest BCUT2D eigenvalue weighted by Crippen LogP contribution is 2.41. The van der Waals surface area contributed by atoms with E-state index >= 15 is 0 Å². The number of ketones is 1. The quantitative estimate of drug-likeness (QED) is 0.642. The summed E-state index contributed by atoms with van der Waals surface area (Å²) in [5, 5.41) is 3.51. The molecule has 0 bridgehead atoms. The van der Waals surface area contributed by atoms with E-state index in [2.05, 4.69) is 11.4 Å². The summed E-state index contributed by atoms with van der Waals surface area (Å²) in [6, 6.07) is 23.2. The van der Waals surface area contributed by atoms with Gasteiger partial charge in [0.15, 0.2) is 11.5 Å². The molecule has 1 N–H and O–H groups in total. The second-order valence-corrected chi connectivity index (χ2v) is 6.33. The molecular weight excluding hydrogens is 310 g/mol. The summed E-state index contributed by atoms with van der Waals surface area (Å²) in [5.74, 6) is 1.69. The summed E-state index contributed by atoms with van der Waals surface area (Å²) in [6.45, 7) is 2.05. The van der Waals surface area contributed by atoms with Gasteiger partial charge in [0.25, 0.3) is 0 Å². The number of rotatable bonds is 3. The minimum Gasteiger partial charge on any atom is -0.455 e. The van der Waals surface area contributed by atoms with Gasteiger partial charge < -0.3 is 10.1 Å². The molecule has 0 aliphatic carbocycles. The maximum absolute atomic E-state index is 12.7. The first-order valence-corrected chi connectivity index (χ1v) is 8.43. The van der Waals surface area contributed by atoms with E-state index in [0.29, 0.717) is 6.42 Å². The van der Waals surface area contributed by atoms with Crippen LogP contribution < -0.4 is 10.1 Å². The van der Waals surface area contributed by atoms with E-state index in [1.165, 1.54) is 0 Å². The van der Waals surface area contributed by atoms with Gasteiger partial charge >= 0.3 is 0 Å². The minimum absolute atomic E-state index is 0.115. The first kappa shape index (κ1) is 15.5. The van der Waals surface area contributed by atoms with Crippen LogP contribution in [0.25, 0.3) is 0 Å². The van der Waals surface area contributed by atoms with Crippen molar-refractivity contribution in [3.05, 3.63) is 89.5 Å². The average molecular weight is 329 g/mol. The molecule has 3 nitrogen and oxygen atoms in total. The molecule has 1 atom stereocenters. The van der Waals surface area contributed by atoms with E-state index in [1.54, 1.807) is 0 Å². The largest absolute Gasteiger partial charge is 0.455 e. The van der Waals surface area contributed by atoms with Crippen LogP contribution in [0.1, 0.15) is 33.9 Å². The average Bonchev–Trinajstić information content (AvgIpc) is 2.79. The summed E-state index contributed by atoms with van der Waals surface area (Å²) in [5.41, 5.74) is 3.80. The number of ether oxygens (including phenoxy) is 1. The van der Waals surface area contributed by atoms with E-state index in [4.69, 9.17) is 4.74 Å². The van der Waals surface area contributed by atoms with E-state index in [-0.39, 0.29) is 11.8 Å². The van der Waals surface area contributed by atoms with Crippen LogP contribution in [-0.4, -0.2) is 5.78 Å². The smallest absolute Gasteiger partial charge is 0.165 e. The molecule has 4 rings (SSSR count). The molecule has 3 aromatic rings. The summed E-state index contributed by atoms with van der Waals surface area (Å²) < 4.78 is 6.10. The highest BCUT2D eigenvalue weighted by molar-refractivity contribution is 5.96. The van der Waals surface area contributed by atoms with E-state index < -0.39 is 0 Å². The van der Waals surface area contributed by atoms with Gasteiger partial charge in [0.2, 0.25) is 0 Å². The van der Waals surface area contributed by atoms with Crippen molar-refractivity contribution in [2.24, 2.45) is 0 Å². The zero-order valence-electron chi connectivity index (χ0n) is 14.0. The zero-order chi connectivity index (χ0) is 17.2. The fraction of sp³-hybridized carbons (Fsp3) is 0.136. The van der Waals surface area contributed by atoms with Crippen molar-refractivity contribution in [2.45, 2.75) is 19.4 Å². The van der Waals surface area contributed by atoms with Crippen LogP contribution in [0.2, 0.25) is 0 Å². The van der Waals surface area contributed by atoms with Gasteiger partial charge in [-0.15, -0.1) is 0 Å². The lowest BCUT2D eigenvalue weighted by atomic mass is 9.97. The Morgan fingerprint density at radius 1 is 0.960 bits per heavy atom. The zero-order valence-corrected chi connectivity index (χ0v) is 14.0. The Labute approximate surface area is 147 Å². The van der Waals surface area contributed by atoms with Crippen molar-refractivity contribution in [1.82, 2.24) is 0 Å². The van der Waals surface area contributed by atoms with Crippen molar-refractivity contribution in [2.75, 3.05) is 5.32 Å². The molecule has 0 amide bonds. The summed E-state index contributed by atoms with van der Waals surface area (Å²) in [6.07, 6.45) is 0.373. The molecule has 3 aromatic carbocycles. The number of carbonyl (C=O) groups is 1. The number of anilines is 1. The highest BCUT2D eigenvalue weighted by Gasteiger charge is 2.25. The molecule has 0 saturated heterocycles. The number of aryl methyl sites for hydroxylation is 1. The Morgan fingerprint density at radius 3 is 2.56 bits per heavy atom. The van der Waals surface area contributed by atoms with Gasteiger partial charge in [0.1, 0.15) is 5.75 Å². The third-order valence-corrected chi connectivity index (χ3v) is 4.46. The molecular formula is C22H19NO2. The lowest BCUT2D eigenvalue weighted by Crippen LogP contribution is -2.15. The number of hydrogen-bond donors (Lipinski definition) is 1. The molecule has 0 aromatic heterocycles. The van der Waals surface area contributed by atoms with E-state index in [0.717, 1.165) is 33.9 Å². The lowest BCUT2D eigenvalue weighted by molar-refractivity contribution is 0.0976. The number of para-hydroxylation sites is 1. The van der Waals surface area contributed by atoms with Crippen molar-refractivity contribution >= 4 is 11.5 Å². The fourth-order valence-electron chi connectivity index (χ4n) is 3.18. The van der Waals surface area contributed by atoms with E-state index in [9.17, 15) is 4.79 Å². The second-order valence-electron chi connectivity index (χ2n) is 6.33. The Kier molecular flexibility index (Phi) is 3.98. The minimum atomic E-state index is -0.132. The number of Topliss-reactive ketones (excluding diaryl/α,β-unsaturated/α-hetero) is 1. The third kappa shape index (κ3) is 3.13. The Morgan fingerprint density at radius 2 is 1.72 bits per heavy atom. The first-order valence-electron chi connectivity index (χ1n) is 8.43. The fourth-order valence-corrected chi connectivity index (χ4v) is 3.18. The Balaban J connectivity index is 1.71. The molecule has 25 heavy (non-hydrogen) atoms. The van der Waals surface area contributed by atoms with Crippen molar-refractivity contribution < 1.29 is 9.53 Å². The van der Waals surface area contributed by atoms with Gasteiger partial charge in [-0.25, -0.2) is 0 Å². The van der Waals surface area contributed by atoms with Gasteiger partial charge in [0.05, 0.1) is 11.7 Å². The van der Waals surface area contributed by atoms with Gasteiger partial charge in [-0.05, 0) is 30.7 Å². The molecule has 1 heterocycles. The number of benzene rings is 3. The summed E-state index contributed by atoms with van der Waals surface area (Å²) >= 11 is 0. The molecule has 1 aliphatic heterocycles. The van der Waals surface area contributed by atoms with Gasteiger partial charge in [-0.2, -0.15) is 0 Å². The number of fused-ring (bicyclic) bond motifs is 2. The standard InChI is InChI=1S/C22H19NO2/c1-15-11-12-22-19(13-15)23-18(17-9-5-6-10-21(17)25-22)14-20(24)16-7-3-2-4-8-16/h2-13,18,23H,14H2,1H3. The molecule has 0 fully saturated rings. The van der Waals surface area contributed by atoms with Crippen molar-refractivity contribution in [3.63, 3.8) is 0 Å². The van der Waals surface area contributed by atoms with Gasteiger partial charge in [-0.3, -0.25) is 4.79 Å². The van der Waals surface area contributed by atoms with Crippen LogP contribution in [0.5, 0.6) is 11.5 Å². The van der Waals surface area contributed by atoms with Crippen LogP contribution in [0.15, 0.2) is 72.8 Å². The second kappa shape index (κ2) is 6.44. The Bertz CT molecular complexity index is 918.